The number of ether oxygens (including phenoxy) is 1. The van der Waals surface area contributed by atoms with E-state index in [1.54, 1.807) is 30.0 Å². The van der Waals surface area contributed by atoms with E-state index in [2.05, 4.69) is 30.5 Å². The summed E-state index contributed by atoms with van der Waals surface area (Å²) < 4.78 is 5.67. The minimum atomic E-state index is -0.350. The number of amides is 1. The summed E-state index contributed by atoms with van der Waals surface area (Å²) in [5, 5.41) is 0. The number of nitrogen functional groups attached to an aromatic ring is 1. The third-order valence-electron chi connectivity index (χ3n) is 2.86. The van der Waals surface area contributed by atoms with Gasteiger partial charge in [-0.05, 0) is 31.2 Å². The smallest absolute Gasteiger partial charge is 0.268 e. The van der Waals surface area contributed by atoms with E-state index in [-0.39, 0.29) is 5.91 Å². The minimum Gasteiger partial charge on any atom is -0.492 e. The van der Waals surface area contributed by atoms with Crippen LogP contribution < -0.4 is 16.0 Å². The molecule has 3 N–H and O–H groups in total. The van der Waals surface area contributed by atoms with Gasteiger partial charge in [-0.3, -0.25) is 10.2 Å². The first-order valence-corrected chi connectivity index (χ1v) is 7.61. The first-order valence-electron chi connectivity index (χ1n) is 6.63. The molecule has 1 amide bonds. The molecule has 0 unspecified atom stereocenters. The Morgan fingerprint density at radius 1 is 1.24 bits per heavy atom. The Labute approximate surface area is 128 Å². The molecule has 0 radical (unpaired) electrons. The van der Waals surface area contributed by atoms with Crippen molar-refractivity contribution in [2.75, 3.05) is 12.4 Å². The number of carbonyl (C=O) groups excluding carboxylic acids is 1. The molecule has 0 bridgehead atoms. The lowest BCUT2D eigenvalue weighted by Crippen LogP contribution is -2.30. The molecule has 2 aromatic rings. The van der Waals surface area contributed by atoms with Gasteiger partial charge in [-0.2, -0.15) is 0 Å². The van der Waals surface area contributed by atoms with Gasteiger partial charge in [-0.15, -0.1) is 11.8 Å². The zero-order valence-corrected chi connectivity index (χ0v) is 12.7. The molecule has 0 atom stereocenters. The van der Waals surface area contributed by atoms with Crippen molar-refractivity contribution in [2.24, 2.45) is 5.84 Å². The maximum Gasteiger partial charge on any atom is 0.268 e. The summed E-state index contributed by atoms with van der Waals surface area (Å²) in [4.78, 5) is 12.8. The molecule has 0 saturated carbocycles. The SMILES string of the molecule is Cc1cccc(SCCOc2ccccc2C(=O)NN)c1. The van der Waals surface area contributed by atoms with E-state index in [1.165, 1.54) is 10.5 Å². The average Bonchev–Trinajstić information content (AvgIpc) is 2.51. The third kappa shape index (κ3) is 4.51. The molecule has 0 spiro atoms. The fraction of sp³-hybridized carbons (Fsp3) is 0.188. The van der Waals surface area contributed by atoms with E-state index in [0.29, 0.717) is 17.9 Å². The van der Waals surface area contributed by atoms with Crippen molar-refractivity contribution in [2.45, 2.75) is 11.8 Å². The van der Waals surface area contributed by atoms with Gasteiger partial charge < -0.3 is 4.74 Å². The molecule has 0 aliphatic heterocycles. The summed E-state index contributed by atoms with van der Waals surface area (Å²) in [5.41, 5.74) is 3.81. The molecule has 0 aliphatic rings. The number of carbonyl (C=O) groups is 1. The molecule has 0 heterocycles. The highest BCUT2D eigenvalue weighted by atomic mass is 32.2. The summed E-state index contributed by atoms with van der Waals surface area (Å²) in [5.74, 6) is 6.16. The van der Waals surface area contributed by atoms with E-state index in [1.807, 2.05) is 12.1 Å². The molecule has 5 heteroatoms. The summed E-state index contributed by atoms with van der Waals surface area (Å²) in [6.07, 6.45) is 0. The molecule has 0 saturated heterocycles. The maximum absolute atomic E-state index is 11.6. The maximum atomic E-state index is 11.6. The van der Waals surface area contributed by atoms with Gasteiger partial charge in [-0.25, -0.2) is 5.84 Å². The van der Waals surface area contributed by atoms with Gasteiger partial charge in [0.1, 0.15) is 5.75 Å². The van der Waals surface area contributed by atoms with Crippen molar-refractivity contribution in [3.8, 4) is 5.75 Å². The number of rotatable bonds is 6. The van der Waals surface area contributed by atoms with E-state index in [0.717, 1.165) is 5.75 Å². The number of aryl methyl sites for hydroxylation is 1. The van der Waals surface area contributed by atoms with Crippen LogP contribution in [0.25, 0.3) is 0 Å². The third-order valence-corrected chi connectivity index (χ3v) is 3.82. The number of benzene rings is 2. The number of thioether (sulfide) groups is 1. The van der Waals surface area contributed by atoms with Crippen molar-refractivity contribution in [3.63, 3.8) is 0 Å². The number of hydrazine groups is 1. The van der Waals surface area contributed by atoms with Crippen molar-refractivity contribution >= 4 is 17.7 Å². The normalized spacial score (nSPS) is 10.2. The highest BCUT2D eigenvalue weighted by Crippen LogP contribution is 2.21. The van der Waals surface area contributed by atoms with Gasteiger partial charge in [-0.1, -0.05) is 29.8 Å². The molecule has 4 nitrogen and oxygen atoms in total. The van der Waals surface area contributed by atoms with E-state index >= 15 is 0 Å². The Morgan fingerprint density at radius 2 is 2.05 bits per heavy atom. The summed E-state index contributed by atoms with van der Waals surface area (Å²) in [6, 6.07) is 15.4. The zero-order valence-electron chi connectivity index (χ0n) is 11.8. The second kappa shape index (κ2) is 7.71. The standard InChI is InChI=1S/C16H18N2O2S/c1-12-5-4-6-13(11-12)21-10-9-20-15-8-3-2-7-14(15)16(19)18-17/h2-8,11H,9-10,17H2,1H3,(H,18,19). The molecule has 110 valence electrons. The quantitative estimate of drug-likeness (QED) is 0.283. The van der Waals surface area contributed by atoms with E-state index < -0.39 is 0 Å². The van der Waals surface area contributed by atoms with Gasteiger partial charge in [0.15, 0.2) is 0 Å². The predicted octanol–water partition coefficient (Wildman–Crippen LogP) is 2.77. The Bertz CT molecular complexity index is 617. The van der Waals surface area contributed by atoms with Gasteiger partial charge in [0.05, 0.1) is 12.2 Å². The van der Waals surface area contributed by atoms with Gasteiger partial charge in [0.25, 0.3) is 5.91 Å². The summed E-state index contributed by atoms with van der Waals surface area (Å²) >= 11 is 1.72. The Morgan fingerprint density at radius 3 is 2.81 bits per heavy atom. The van der Waals surface area contributed by atoms with E-state index in [9.17, 15) is 4.79 Å². The van der Waals surface area contributed by atoms with Crippen molar-refractivity contribution in [3.05, 3.63) is 59.7 Å². The second-order valence-electron chi connectivity index (χ2n) is 4.48. The lowest BCUT2D eigenvalue weighted by molar-refractivity contribution is 0.0950. The predicted molar refractivity (Wildman–Crippen MR) is 85.5 cm³/mol. The van der Waals surface area contributed by atoms with Gasteiger partial charge in [0.2, 0.25) is 0 Å². The molecule has 0 aromatic heterocycles. The number of para-hydroxylation sites is 1. The van der Waals surface area contributed by atoms with Crippen LogP contribution in [0.15, 0.2) is 53.4 Å². The number of hydrogen-bond donors (Lipinski definition) is 2. The van der Waals surface area contributed by atoms with Crippen LogP contribution in [-0.4, -0.2) is 18.3 Å². The topological polar surface area (TPSA) is 64.3 Å². The van der Waals surface area contributed by atoms with Crippen molar-refractivity contribution in [1.82, 2.24) is 5.43 Å². The van der Waals surface area contributed by atoms with Gasteiger partial charge in [0, 0.05) is 10.6 Å². The first kappa shape index (κ1) is 15.4. The van der Waals surface area contributed by atoms with Crippen LogP contribution in [0.1, 0.15) is 15.9 Å². The highest BCUT2D eigenvalue weighted by molar-refractivity contribution is 7.99. The van der Waals surface area contributed by atoms with Crippen LogP contribution >= 0.6 is 11.8 Å². The fourth-order valence-corrected chi connectivity index (χ4v) is 2.72. The summed E-state index contributed by atoms with van der Waals surface area (Å²) in [7, 11) is 0. The summed E-state index contributed by atoms with van der Waals surface area (Å²) in [6.45, 7) is 2.59. The van der Waals surface area contributed by atoms with Crippen LogP contribution in [0.5, 0.6) is 5.75 Å². The monoisotopic (exact) mass is 302 g/mol. The number of hydrogen-bond acceptors (Lipinski definition) is 4. The average molecular weight is 302 g/mol. The van der Waals surface area contributed by atoms with Crippen LogP contribution in [0, 0.1) is 6.92 Å². The molecule has 2 rings (SSSR count). The van der Waals surface area contributed by atoms with Crippen molar-refractivity contribution in [1.29, 1.82) is 0 Å². The highest BCUT2D eigenvalue weighted by Gasteiger charge is 2.10. The lowest BCUT2D eigenvalue weighted by Gasteiger charge is -2.10. The van der Waals surface area contributed by atoms with E-state index in [4.69, 9.17) is 10.6 Å². The number of nitrogens with two attached hydrogens (primary N) is 1. The molecule has 21 heavy (non-hydrogen) atoms. The minimum absolute atomic E-state index is 0.350. The molecular weight excluding hydrogens is 284 g/mol. The molecular formula is C16H18N2O2S. The van der Waals surface area contributed by atoms with Crippen molar-refractivity contribution < 1.29 is 9.53 Å². The van der Waals surface area contributed by atoms with Crippen LogP contribution in [-0.2, 0) is 0 Å². The largest absolute Gasteiger partial charge is 0.492 e. The zero-order chi connectivity index (χ0) is 15.1. The van der Waals surface area contributed by atoms with Gasteiger partial charge >= 0.3 is 0 Å². The fourth-order valence-electron chi connectivity index (χ4n) is 1.87. The molecule has 2 aromatic carbocycles. The molecule has 0 aliphatic carbocycles. The Hall–Kier alpha value is -1.98. The second-order valence-corrected chi connectivity index (χ2v) is 5.65. The van der Waals surface area contributed by atoms with Crippen LogP contribution in [0.2, 0.25) is 0 Å². The Kier molecular flexibility index (Phi) is 5.66. The number of nitrogens with one attached hydrogen (secondary N) is 1. The van der Waals surface area contributed by atoms with Crippen LogP contribution in [0.3, 0.4) is 0 Å². The van der Waals surface area contributed by atoms with Crippen LogP contribution in [0.4, 0.5) is 0 Å². The molecule has 0 fully saturated rings. The lowest BCUT2D eigenvalue weighted by atomic mass is 10.2. The first-order chi connectivity index (χ1) is 10.2. The Balaban J connectivity index is 1.88.